The zero-order valence-electron chi connectivity index (χ0n) is 11.2. The Bertz CT molecular complexity index is 542. The standard InChI is InChI=1S/C14H19N5/c1-11-4-2-5-12(8-11)10-19-17-14(16-18-19)13-6-3-7-15-9-13/h2,4-5,8,13,15H,3,6-7,9-10H2,1H3. The van der Waals surface area contributed by atoms with E-state index in [1.54, 1.807) is 4.80 Å². The minimum Gasteiger partial charge on any atom is -0.316 e. The van der Waals surface area contributed by atoms with Gasteiger partial charge in [-0.05, 0) is 37.1 Å². The van der Waals surface area contributed by atoms with E-state index in [9.17, 15) is 0 Å². The van der Waals surface area contributed by atoms with E-state index in [0.29, 0.717) is 12.5 Å². The van der Waals surface area contributed by atoms with E-state index in [4.69, 9.17) is 0 Å². The molecule has 5 heteroatoms. The van der Waals surface area contributed by atoms with E-state index in [2.05, 4.69) is 51.9 Å². The first-order valence-electron chi connectivity index (χ1n) is 6.85. The van der Waals surface area contributed by atoms with E-state index in [1.807, 2.05) is 0 Å². The second-order valence-electron chi connectivity index (χ2n) is 5.21. The highest BCUT2D eigenvalue weighted by molar-refractivity contribution is 5.22. The van der Waals surface area contributed by atoms with Gasteiger partial charge in [-0.3, -0.25) is 0 Å². The third-order valence-corrected chi connectivity index (χ3v) is 3.54. The van der Waals surface area contributed by atoms with E-state index < -0.39 is 0 Å². The Kier molecular flexibility index (Phi) is 3.55. The molecule has 1 aromatic heterocycles. The van der Waals surface area contributed by atoms with Crippen LogP contribution in [0.25, 0.3) is 0 Å². The van der Waals surface area contributed by atoms with Gasteiger partial charge in [0.2, 0.25) is 0 Å². The van der Waals surface area contributed by atoms with Crippen LogP contribution in [-0.2, 0) is 6.54 Å². The second-order valence-corrected chi connectivity index (χ2v) is 5.21. The summed E-state index contributed by atoms with van der Waals surface area (Å²) in [7, 11) is 0. The largest absolute Gasteiger partial charge is 0.316 e. The number of nitrogens with one attached hydrogen (secondary N) is 1. The Morgan fingerprint density at radius 3 is 3.16 bits per heavy atom. The molecule has 19 heavy (non-hydrogen) atoms. The fourth-order valence-electron chi connectivity index (χ4n) is 2.53. The molecule has 1 fully saturated rings. The van der Waals surface area contributed by atoms with Crippen molar-refractivity contribution in [1.82, 2.24) is 25.5 Å². The van der Waals surface area contributed by atoms with Crippen LogP contribution in [-0.4, -0.2) is 33.3 Å². The van der Waals surface area contributed by atoms with E-state index >= 15 is 0 Å². The molecular weight excluding hydrogens is 238 g/mol. The molecule has 2 heterocycles. The summed E-state index contributed by atoms with van der Waals surface area (Å²) in [6.07, 6.45) is 2.35. The van der Waals surface area contributed by atoms with Crippen molar-refractivity contribution in [2.75, 3.05) is 13.1 Å². The van der Waals surface area contributed by atoms with Crippen molar-refractivity contribution in [3.05, 3.63) is 41.2 Å². The lowest BCUT2D eigenvalue weighted by molar-refractivity contribution is 0.444. The Morgan fingerprint density at radius 1 is 1.42 bits per heavy atom. The normalized spacial score (nSPS) is 19.5. The van der Waals surface area contributed by atoms with E-state index in [1.165, 1.54) is 17.5 Å². The molecular formula is C14H19N5. The average Bonchev–Trinajstić information content (AvgIpc) is 2.88. The highest BCUT2D eigenvalue weighted by Crippen LogP contribution is 2.18. The number of piperidine rings is 1. The third-order valence-electron chi connectivity index (χ3n) is 3.54. The van der Waals surface area contributed by atoms with Crippen LogP contribution >= 0.6 is 0 Å². The number of hydrogen-bond donors (Lipinski definition) is 1. The Morgan fingerprint density at radius 2 is 2.37 bits per heavy atom. The second kappa shape index (κ2) is 5.48. The number of benzene rings is 1. The smallest absolute Gasteiger partial charge is 0.179 e. The number of tetrazole rings is 1. The van der Waals surface area contributed by atoms with Crippen molar-refractivity contribution < 1.29 is 0 Å². The monoisotopic (exact) mass is 257 g/mol. The Hall–Kier alpha value is -1.75. The topological polar surface area (TPSA) is 55.6 Å². The molecule has 0 radical (unpaired) electrons. The fraction of sp³-hybridized carbons (Fsp3) is 0.500. The zero-order chi connectivity index (χ0) is 13.1. The lowest BCUT2D eigenvalue weighted by Gasteiger charge is -2.19. The van der Waals surface area contributed by atoms with Crippen LogP contribution in [0.4, 0.5) is 0 Å². The van der Waals surface area contributed by atoms with Crippen LogP contribution in [0.2, 0.25) is 0 Å². The van der Waals surface area contributed by atoms with Gasteiger partial charge in [0.05, 0.1) is 6.54 Å². The quantitative estimate of drug-likeness (QED) is 0.905. The van der Waals surface area contributed by atoms with Gasteiger partial charge in [-0.25, -0.2) is 0 Å². The number of aromatic nitrogens is 4. The molecule has 0 bridgehead atoms. The van der Waals surface area contributed by atoms with Crippen molar-refractivity contribution in [2.24, 2.45) is 0 Å². The van der Waals surface area contributed by atoms with Crippen LogP contribution in [0.5, 0.6) is 0 Å². The summed E-state index contributed by atoms with van der Waals surface area (Å²) in [6.45, 7) is 4.86. The lowest BCUT2D eigenvalue weighted by Crippen LogP contribution is -2.29. The summed E-state index contributed by atoms with van der Waals surface area (Å²) in [5.74, 6) is 1.29. The number of nitrogens with zero attached hydrogens (tertiary/aromatic N) is 4. The van der Waals surface area contributed by atoms with Gasteiger partial charge in [0.1, 0.15) is 0 Å². The zero-order valence-corrected chi connectivity index (χ0v) is 11.2. The number of aryl methyl sites for hydroxylation is 1. The average molecular weight is 257 g/mol. The summed E-state index contributed by atoms with van der Waals surface area (Å²) < 4.78 is 0. The Balaban J connectivity index is 1.70. The van der Waals surface area contributed by atoms with Crippen LogP contribution in [0.3, 0.4) is 0 Å². The van der Waals surface area contributed by atoms with Crippen molar-refractivity contribution >= 4 is 0 Å². The molecule has 100 valence electrons. The molecule has 0 spiro atoms. The summed E-state index contributed by atoms with van der Waals surface area (Å²) in [6, 6.07) is 8.41. The minimum absolute atomic E-state index is 0.417. The van der Waals surface area contributed by atoms with Crippen molar-refractivity contribution in [3.63, 3.8) is 0 Å². The molecule has 1 unspecified atom stereocenters. The maximum atomic E-state index is 4.51. The summed E-state index contributed by atoms with van der Waals surface area (Å²) in [5.41, 5.74) is 2.47. The van der Waals surface area contributed by atoms with Crippen LogP contribution in [0.1, 0.15) is 35.7 Å². The number of hydrogen-bond acceptors (Lipinski definition) is 4. The van der Waals surface area contributed by atoms with Gasteiger partial charge in [0.15, 0.2) is 5.82 Å². The van der Waals surface area contributed by atoms with E-state index in [-0.39, 0.29) is 0 Å². The van der Waals surface area contributed by atoms with Crippen LogP contribution < -0.4 is 5.32 Å². The molecule has 0 amide bonds. The molecule has 2 aromatic rings. The molecule has 1 aromatic carbocycles. The fourth-order valence-corrected chi connectivity index (χ4v) is 2.53. The summed E-state index contributed by atoms with van der Waals surface area (Å²) in [5, 5.41) is 16.3. The summed E-state index contributed by atoms with van der Waals surface area (Å²) >= 11 is 0. The van der Waals surface area contributed by atoms with Crippen LogP contribution in [0.15, 0.2) is 24.3 Å². The Labute approximate surface area is 113 Å². The highest BCUT2D eigenvalue weighted by Gasteiger charge is 2.19. The predicted molar refractivity (Wildman–Crippen MR) is 72.9 cm³/mol. The lowest BCUT2D eigenvalue weighted by atomic mass is 9.99. The molecule has 5 nitrogen and oxygen atoms in total. The molecule has 1 saturated heterocycles. The molecule has 0 saturated carbocycles. The molecule has 0 aliphatic carbocycles. The number of rotatable bonds is 3. The van der Waals surface area contributed by atoms with Crippen LogP contribution in [0, 0.1) is 6.92 Å². The van der Waals surface area contributed by atoms with Gasteiger partial charge in [-0.15, -0.1) is 10.2 Å². The van der Waals surface area contributed by atoms with Crippen molar-refractivity contribution in [1.29, 1.82) is 0 Å². The van der Waals surface area contributed by atoms with Crippen molar-refractivity contribution in [2.45, 2.75) is 32.2 Å². The van der Waals surface area contributed by atoms with Gasteiger partial charge >= 0.3 is 0 Å². The summed E-state index contributed by atoms with van der Waals surface area (Å²) in [4.78, 5) is 1.69. The SMILES string of the molecule is Cc1cccc(Cn2nnc(C3CCCNC3)n2)c1. The molecule has 3 rings (SSSR count). The first-order valence-corrected chi connectivity index (χ1v) is 6.85. The molecule has 1 N–H and O–H groups in total. The third kappa shape index (κ3) is 2.98. The highest BCUT2D eigenvalue weighted by atomic mass is 15.6. The molecule has 1 atom stereocenters. The minimum atomic E-state index is 0.417. The van der Waals surface area contributed by atoms with Gasteiger partial charge in [0.25, 0.3) is 0 Å². The van der Waals surface area contributed by atoms with Gasteiger partial charge in [-0.2, -0.15) is 4.80 Å². The first kappa shape index (κ1) is 12.3. The van der Waals surface area contributed by atoms with Gasteiger partial charge in [-0.1, -0.05) is 29.8 Å². The van der Waals surface area contributed by atoms with Gasteiger partial charge in [0, 0.05) is 12.5 Å². The first-order chi connectivity index (χ1) is 9.31. The van der Waals surface area contributed by atoms with E-state index in [0.717, 1.165) is 25.3 Å². The molecule has 1 aliphatic rings. The maximum absolute atomic E-state index is 4.51. The maximum Gasteiger partial charge on any atom is 0.179 e. The predicted octanol–water partition coefficient (Wildman–Crippen LogP) is 1.50. The molecule has 1 aliphatic heterocycles. The van der Waals surface area contributed by atoms with Crippen molar-refractivity contribution in [3.8, 4) is 0 Å². The van der Waals surface area contributed by atoms with Gasteiger partial charge < -0.3 is 5.32 Å².